The standard InChI is InChI=1S/C24H25N3O4/c1-4-31-24(30)22-16(2)21(17(3)26-22)20(28)15-27(14-19-12-8-9-13-25-19)23(29)18-10-6-5-7-11-18/h5-13,26H,4,14-15H2,1-3H3. The smallest absolute Gasteiger partial charge is 0.355 e. The van der Waals surface area contributed by atoms with Gasteiger partial charge < -0.3 is 14.6 Å². The highest BCUT2D eigenvalue weighted by Crippen LogP contribution is 2.21. The highest BCUT2D eigenvalue weighted by atomic mass is 16.5. The molecule has 1 aromatic carbocycles. The van der Waals surface area contributed by atoms with Gasteiger partial charge in [0.25, 0.3) is 5.91 Å². The fraction of sp³-hybridized carbons (Fsp3) is 0.250. The van der Waals surface area contributed by atoms with Crippen molar-refractivity contribution < 1.29 is 19.1 Å². The lowest BCUT2D eigenvalue weighted by Gasteiger charge is -2.22. The number of aryl methyl sites for hydroxylation is 1. The van der Waals surface area contributed by atoms with Crippen molar-refractivity contribution in [3.8, 4) is 0 Å². The van der Waals surface area contributed by atoms with Gasteiger partial charge in [0.05, 0.1) is 25.4 Å². The van der Waals surface area contributed by atoms with Crippen LogP contribution in [0.4, 0.5) is 0 Å². The first-order valence-electron chi connectivity index (χ1n) is 10.1. The van der Waals surface area contributed by atoms with E-state index in [9.17, 15) is 14.4 Å². The number of H-pyrrole nitrogens is 1. The SMILES string of the molecule is CCOC(=O)c1[nH]c(C)c(C(=O)CN(Cc2ccccn2)C(=O)c2ccccc2)c1C. The van der Waals surface area contributed by atoms with E-state index in [1.165, 1.54) is 4.90 Å². The molecule has 0 aliphatic carbocycles. The van der Waals surface area contributed by atoms with Crippen molar-refractivity contribution in [3.63, 3.8) is 0 Å². The molecule has 1 amide bonds. The molecule has 0 aliphatic heterocycles. The third-order valence-corrected chi connectivity index (χ3v) is 4.92. The highest BCUT2D eigenvalue weighted by Gasteiger charge is 2.26. The first kappa shape index (κ1) is 22.0. The van der Waals surface area contributed by atoms with Crippen molar-refractivity contribution >= 4 is 17.7 Å². The maximum absolute atomic E-state index is 13.2. The summed E-state index contributed by atoms with van der Waals surface area (Å²) in [5.41, 5.74) is 2.90. The number of amides is 1. The number of ketones is 1. The lowest BCUT2D eigenvalue weighted by atomic mass is 10.0. The molecule has 7 heteroatoms. The quantitative estimate of drug-likeness (QED) is 0.444. The van der Waals surface area contributed by atoms with E-state index in [4.69, 9.17) is 4.74 Å². The second-order valence-electron chi connectivity index (χ2n) is 7.12. The first-order valence-corrected chi connectivity index (χ1v) is 10.1. The fourth-order valence-electron chi connectivity index (χ4n) is 3.48. The van der Waals surface area contributed by atoms with Gasteiger partial charge in [0.15, 0.2) is 5.78 Å². The van der Waals surface area contributed by atoms with Crippen molar-refractivity contribution in [3.05, 3.63) is 88.5 Å². The number of esters is 1. The normalized spacial score (nSPS) is 10.5. The number of benzene rings is 1. The lowest BCUT2D eigenvalue weighted by molar-refractivity contribution is 0.0519. The fourth-order valence-corrected chi connectivity index (χ4v) is 3.48. The highest BCUT2D eigenvalue weighted by molar-refractivity contribution is 6.05. The number of rotatable bonds is 8. The molecule has 0 unspecified atom stereocenters. The summed E-state index contributed by atoms with van der Waals surface area (Å²) in [5.74, 6) is -1.04. The van der Waals surface area contributed by atoms with E-state index in [0.717, 1.165) is 0 Å². The summed E-state index contributed by atoms with van der Waals surface area (Å²) in [7, 11) is 0. The molecule has 0 saturated heterocycles. The second-order valence-corrected chi connectivity index (χ2v) is 7.12. The Morgan fingerprint density at radius 3 is 2.39 bits per heavy atom. The molecule has 3 aromatic rings. The number of carbonyl (C=O) groups excluding carboxylic acids is 3. The molecule has 0 atom stereocenters. The van der Waals surface area contributed by atoms with Crippen LogP contribution in [0.1, 0.15) is 55.1 Å². The number of carbonyl (C=O) groups is 3. The number of nitrogens with zero attached hydrogens (tertiary/aromatic N) is 2. The van der Waals surface area contributed by atoms with E-state index in [1.807, 2.05) is 12.1 Å². The Labute approximate surface area is 181 Å². The van der Waals surface area contributed by atoms with Crippen molar-refractivity contribution in [2.45, 2.75) is 27.3 Å². The van der Waals surface area contributed by atoms with Crippen LogP contribution in [0.25, 0.3) is 0 Å². The molecule has 0 aliphatic rings. The molecule has 0 bridgehead atoms. The van der Waals surface area contributed by atoms with Crippen LogP contribution in [0.5, 0.6) is 0 Å². The van der Waals surface area contributed by atoms with Crippen LogP contribution in [0, 0.1) is 13.8 Å². The Morgan fingerprint density at radius 2 is 1.74 bits per heavy atom. The number of nitrogens with one attached hydrogen (secondary N) is 1. The molecule has 0 radical (unpaired) electrons. The van der Waals surface area contributed by atoms with Gasteiger partial charge in [-0.2, -0.15) is 0 Å². The predicted molar refractivity (Wildman–Crippen MR) is 116 cm³/mol. The minimum Gasteiger partial charge on any atom is -0.461 e. The van der Waals surface area contributed by atoms with Crippen LogP contribution in [0.3, 0.4) is 0 Å². The molecule has 0 spiro atoms. The van der Waals surface area contributed by atoms with Crippen LogP contribution in [-0.4, -0.2) is 45.7 Å². The number of Topliss-reactive ketones (excluding diaryl/α,β-unsaturated/α-hetero) is 1. The first-order chi connectivity index (χ1) is 14.9. The van der Waals surface area contributed by atoms with Crippen molar-refractivity contribution in [1.82, 2.24) is 14.9 Å². The minimum absolute atomic E-state index is 0.147. The number of hydrogen-bond acceptors (Lipinski definition) is 5. The van der Waals surface area contributed by atoms with Crippen LogP contribution < -0.4 is 0 Å². The number of hydrogen-bond donors (Lipinski definition) is 1. The molecular weight excluding hydrogens is 394 g/mol. The Morgan fingerprint density at radius 1 is 1.03 bits per heavy atom. The molecule has 2 aromatic heterocycles. The zero-order chi connectivity index (χ0) is 22.4. The van der Waals surface area contributed by atoms with E-state index >= 15 is 0 Å². The lowest BCUT2D eigenvalue weighted by Crippen LogP contribution is -2.35. The zero-order valence-corrected chi connectivity index (χ0v) is 17.8. The number of ether oxygens (including phenoxy) is 1. The Balaban J connectivity index is 1.90. The molecule has 2 heterocycles. The van der Waals surface area contributed by atoms with Gasteiger partial charge in [0, 0.05) is 23.0 Å². The van der Waals surface area contributed by atoms with Crippen LogP contribution in [-0.2, 0) is 11.3 Å². The summed E-state index contributed by atoms with van der Waals surface area (Å²) in [6, 6.07) is 14.2. The zero-order valence-electron chi connectivity index (χ0n) is 17.8. The number of aromatic nitrogens is 2. The summed E-state index contributed by atoms with van der Waals surface area (Å²) in [6.07, 6.45) is 1.65. The van der Waals surface area contributed by atoms with Gasteiger partial charge in [0.1, 0.15) is 5.69 Å². The van der Waals surface area contributed by atoms with Gasteiger partial charge in [-0.25, -0.2) is 4.79 Å². The summed E-state index contributed by atoms with van der Waals surface area (Å²) in [6.45, 7) is 5.43. The van der Waals surface area contributed by atoms with Crippen LogP contribution in [0.15, 0.2) is 54.7 Å². The summed E-state index contributed by atoms with van der Waals surface area (Å²) >= 11 is 0. The van der Waals surface area contributed by atoms with E-state index in [0.29, 0.717) is 28.1 Å². The van der Waals surface area contributed by atoms with Crippen LogP contribution >= 0.6 is 0 Å². The minimum atomic E-state index is -0.507. The topological polar surface area (TPSA) is 92.4 Å². The molecule has 1 N–H and O–H groups in total. The number of pyridine rings is 1. The Kier molecular flexibility index (Phi) is 6.97. The molecular formula is C24H25N3O4. The average Bonchev–Trinajstić information content (AvgIpc) is 3.08. The Hall–Kier alpha value is -3.74. The van der Waals surface area contributed by atoms with Gasteiger partial charge >= 0.3 is 5.97 Å². The monoisotopic (exact) mass is 419 g/mol. The third kappa shape index (κ3) is 5.06. The summed E-state index contributed by atoms with van der Waals surface area (Å²) < 4.78 is 5.06. The van der Waals surface area contributed by atoms with E-state index in [2.05, 4.69) is 9.97 Å². The van der Waals surface area contributed by atoms with Gasteiger partial charge in [-0.1, -0.05) is 24.3 Å². The molecule has 0 saturated carbocycles. The van der Waals surface area contributed by atoms with Crippen molar-refractivity contribution in [1.29, 1.82) is 0 Å². The largest absolute Gasteiger partial charge is 0.461 e. The van der Waals surface area contributed by atoms with Crippen molar-refractivity contribution in [2.24, 2.45) is 0 Å². The van der Waals surface area contributed by atoms with E-state index < -0.39 is 5.97 Å². The maximum Gasteiger partial charge on any atom is 0.355 e. The van der Waals surface area contributed by atoms with Gasteiger partial charge in [-0.05, 0) is 50.6 Å². The maximum atomic E-state index is 13.2. The van der Waals surface area contributed by atoms with Gasteiger partial charge in [0.2, 0.25) is 0 Å². The molecule has 7 nitrogen and oxygen atoms in total. The van der Waals surface area contributed by atoms with Crippen LogP contribution in [0.2, 0.25) is 0 Å². The van der Waals surface area contributed by atoms with Gasteiger partial charge in [-0.3, -0.25) is 14.6 Å². The molecule has 160 valence electrons. The summed E-state index contributed by atoms with van der Waals surface area (Å²) in [4.78, 5) is 47.3. The molecule has 31 heavy (non-hydrogen) atoms. The Bertz CT molecular complexity index is 1070. The third-order valence-electron chi connectivity index (χ3n) is 4.92. The second kappa shape index (κ2) is 9.84. The van der Waals surface area contributed by atoms with Gasteiger partial charge in [-0.15, -0.1) is 0 Å². The van der Waals surface area contributed by atoms with E-state index in [1.54, 1.807) is 63.4 Å². The average molecular weight is 419 g/mol. The van der Waals surface area contributed by atoms with Crippen molar-refractivity contribution in [2.75, 3.05) is 13.2 Å². The van der Waals surface area contributed by atoms with E-state index in [-0.39, 0.29) is 37.1 Å². The number of aromatic amines is 1. The molecule has 0 fully saturated rings. The summed E-state index contributed by atoms with van der Waals surface area (Å²) in [5, 5.41) is 0. The molecule has 3 rings (SSSR count). The predicted octanol–water partition coefficient (Wildman–Crippen LogP) is 3.73.